The van der Waals surface area contributed by atoms with Crippen LogP contribution in [0.3, 0.4) is 0 Å². The molecular weight excluding hydrogens is 310 g/mol. The van der Waals surface area contributed by atoms with Gasteiger partial charge in [-0.25, -0.2) is 4.79 Å². The van der Waals surface area contributed by atoms with Crippen molar-refractivity contribution in [3.05, 3.63) is 65.5 Å². The van der Waals surface area contributed by atoms with E-state index in [0.29, 0.717) is 5.82 Å². The lowest BCUT2D eigenvalue weighted by molar-refractivity contribution is 0.0697. The van der Waals surface area contributed by atoms with Crippen molar-refractivity contribution in [1.82, 2.24) is 14.6 Å². The predicted molar refractivity (Wildman–Crippen MR) is 88.7 cm³/mol. The summed E-state index contributed by atoms with van der Waals surface area (Å²) < 4.78 is 2.00. The van der Waals surface area contributed by atoms with Crippen LogP contribution in [-0.4, -0.2) is 25.7 Å². The van der Waals surface area contributed by atoms with Crippen molar-refractivity contribution < 1.29 is 9.90 Å². The summed E-state index contributed by atoms with van der Waals surface area (Å²) in [4.78, 5) is 11.8. The lowest BCUT2D eigenvalue weighted by Gasteiger charge is -2.03. The van der Waals surface area contributed by atoms with E-state index in [0.717, 1.165) is 21.8 Å². The van der Waals surface area contributed by atoms with Gasteiger partial charge in [0.15, 0.2) is 5.82 Å². The number of fused-ring (bicyclic) bond motifs is 1. The summed E-state index contributed by atoms with van der Waals surface area (Å²) in [7, 11) is 0. The van der Waals surface area contributed by atoms with Gasteiger partial charge in [-0.3, -0.25) is 4.40 Å². The third-order valence-electron chi connectivity index (χ3n) is 3.61. The summed E-state index contributed by atoms with van der Waals surface area (Å²) in [6, 6.07) is 16.7. The molecule has 0 atom stereocenters. The first-order valence-corrected chi connectivity index (χ1v) is 7.84. The molecule has 4 aromatic rings. The van der Waals surface area contributed by atoms with E-state index in [2.05, 4.69) is 15.6 Å². The summed E-state index contributed by atoms with van der Waals surface area (Å²) >= 11 is 1.53. The lowest BCUT2D eigenvalue weighted by atomic mass is 10.1. The molecule has 4 rings (SSSR count). The summed E-state index contributed by atoms with van der Waals surface area (Å²) in [6.45, 7) is 0. The number of carboxylic acids is 1. The zero-order valence-corrected chi connectivity index (χ0v) is 12.7. The monoisotopic (exact) mass is 321 g/mol. The SMILES string of the molecule is O=C(O)c1ccc(-c2nnc3scc(-c4ccccc4)n23)cc1. The zero-order valence-electron chi connectivity index (χ0n) is 11.9. The van der Waals surface area contributed by atoms with Crippen LogP contribution in [0.5, 0.6) is 0 Å². The molecule has 0 fully saturated rings. The summed E-state index contributed by atoms with van der Waals surface area (Å²) in [5.41, 5.74) is 3.19. The molecule has 0 radical (unpaired) electrons. The van der Waals surface area contributed by atoms with Crippen LogP contribution >= 0.6 is 11.3 Å². The number of carbonyl (C=O) groups is 1. The van der Waals surface area contributed by atoms with Gasteiger partial charge >= 0.3 is 5.97 Å². The van der Waals surface area contributed by atoms with Crippen LogP contribution in [0.1, 0.15) is 10.4 Å². The number of benzene rings is 2. The van der Waals surface area contributed by atoms with Crippen molar-refractivity contribution >= 4 is 22.3 Å². The second-order valence-corrected chi connectivity index (χ2v) is 5.85. The van der Waals surface area contributed by atoms with Crippen molar-refractivity contribution in [3.63, 3.8) is 0 Å². The Morgan fingerprint density at radius 1 is 0.957 bits per heavy atom. The molecule has 0 bridgehead atoms. The fraction of sp³-hybridized carbons (Fsp3) is 0. The largest absolute Gasteiger partial charge is 0.478 e. The van der Waals surface area contributed by atoms with Crippen LogP contribution in [-0.2, 0) is 0 Å². The molecule has 0 unspecified atom stereocenters. The van der Waals surface area contributed by atoms with Crippen LogP contribution in [0.4, 0.5) is 0 Å². The molecule has 112 valence electrons. The van der Waals surface area contributed by atoms with Gasteiger partial charge in [0.2, 0.25) is 4.96 Å². The van der Waals surface area contributed by atoms with E-state index in [9.17, 15) is 4.79 Å². The molecule has 6 heteroatoms. The van der Waals surface area contributed by atoms with Crippen LogP contribution in [0.25, 0.3) is 27.6 Å². The minimum Gasteiger partial charge on any atom is -0.478 e. The molecule has 0 aliphatic carbocycles. The van der Waals surface area contributed by atoms with Gasteiger partial charge in [0, 0.05) is 10.9 Å². The first-order valence-electron chi connectivity index (χ1n) is 6.96. The Kier molecular flexibility index (Phi) is 3.17. The molecule has 0 aliphatic heterocycles. The lowest BCUT2D eigenvalue weighted by Crippen LogP contribution is -1.96. The average molecular weight is 321 g/mol. The molecule has 2 aromatic heterocycles. The molecule has 0 saturated carbocycles. The standard InChI is InChI=1S/C17H11N3O2S/c21-16(22)13-8-6-12(7-9-13)15-18-19-17-20(15)14(10-23-17)11-4-2-1-3-5-11/h1-10H,(H,21,22). The van der Waals surface area contributed by atoms with E-state index in [1.54, 1.807) is 24.3 Å². The van der Waals surface area contributed by atoms with Gasteiger partial charge < -0.3 is 5.11 Å². The van der Waals surface area contributed by atoms with E-state index >= 15 is 0 Å². The predicted octanol–water partition coefficient (Wildman–Crippen LogP) is 3.82. The molecule has 1 N–H and O–H groups in total. The first kappa shape index (κ1) is 13.7. The van der Waals surface area contributed by atoms with Gasteiger partial charge in [-0.05, 0) is 17.7 Å². The Morgan fingerprint density at radius 3 is 2.39 bits per heavy atom. The molecule has 2 heterocycles. The zero-order chi connectivity index (χ0) is 15.8. The van der Waals surface area contributed by atoms with Crippen LogP contribution in [0.2, 0.25) is 0 Å². The molecule has 23 heavy (non-hydrogen) atoms. The van der Waals surface area contributed by atoms with E-state index < -0.39 is 5.97 Å². The number of aromatic nitrogens is 3. The smallest absolute Gasteiger partial charge is 0.335 e. The molecule has 0 amide bonds. The number of nitrogens with zero attached hydrogens (tertiary/aromatic N) is 3. The average Bonchev–Trinajstić information content (AvgIpc) is 3.17. The highest BCUT2D eigenvalue weighted by Crippen LogP contribution is 2.30. The summed E-state index contributed by atoms with van der Waals surface area (Å²) in [6.07, 6.45) is 0. The number of hydrogen-bond donors (Lipinski definition) is 1. The number of carboxylic acid groups (broad SMARTS) is 1. The highest BCUT2D eigenvalue weighted by molar-refractivity contribution is 7.15. The minimum atomic E-state index is -0.941. The fourth-order valence-corrected chi connectivity index (χ4v) is 3.32. The van der Waals surface area contributed by atoms with E-state index in [1.807, 2.05) is 34.7 Å². The maximum Gasteiger partial charge on any atom is 0.335 e. The van der Waals surface area contributed by atoms with Crippen molar-refractivity contribution in [2.75, 3.05) is 0 Å². The molecule has 0 aliphatic rings. The van der Waals surface area contributed by atoms with Gasteiger partial charge in [-0.2, -0.15) is 0 Å². The molecule has 2 aromatic carbocycles. The highest BCUT2D eigenvalue weighted by Gasteiger charge is 2.15. The second kappa shape index (κ2) is 5.33. The van der Waals surface area contributed by atoms with Gasteiger partial charge in [0.1, 0.15) is 0 Å². The molecular formula is C17H11N3O2S. The van der Waals surface area contributed by atoms with Crippen molar-refractivity contribution in [2.24, 2.45) is 0 Å². The van der Waals surface area contributed by atoms with E-state index in [-0.39, 0.29) is 5.56 Å². The van der Waals surface area contributed by atoms with Crippen LogP contribution in [0.15, 0.2) is 60.0 Å². The third kappa shape index (κ3) is 2.29. The van der Waals surface area contributed by atoms with Gasteiger partial charge in [0.25, 0.3) is 0 Å². The van der Waals surface area contributed by atoms with E-state index in [1.165, 1.54) is 11.3 Å². The Morgan fingerprint density at radius 2 is 1.70 bits per heavy atom. The van der Waals surface area contributed by atoms with Gasteiger partial charge in [-0.1, -0.05) is 42.5 Å². The Balaban J connectivity index is 1.88. The van der Waals surface area contributed by atoms with Crippen molar-refractivity contribution in [2.45, 2.75) is 0 Å². The number of aromatic carboxylic acids is 1. The quantitative estimate of drug-likeness (QED) is 0.623. The summed E-state index contributed by atoms with van der Waals surface area (Å²) in [5, 5.41) is 19.5. The molecule has 0 spiro atoms. The van der Waals surface area contributed by atoms with E-state index in [4.69, 9.17) is 5.11 Å². The molecule has 0 saturated heterocycles. The van der Waals surface area contributed by atoms with Gasteiger partial charge in [0.05, 0.1) is 11.3 Å². The minimum absolute atomic E-state index is 0.253. The number of hydrogen-bond acceptors (Lipinski definition) is 4. The van der Waals surface area contributed by atoms with Crippen LogP contribution in [0, 0.1) is 0 Å². The number of rotatable bonds is 3. The second-order valence-electron chi connectivity index (χ2n) is 5.01. The molecule has 5 nitrogen and oxygen atoms in total. The van der Waals surface area contributed by atoms with Crippen LogP contribution < -0.4 is 0 Å². The maximum absolute atomic E-state index is 11.0. The summed E-state index contributed by atoms with van der Waals surface area (Å²) in [5.74, 6) is -0.236. The Hall–Kier alpha value is -2.99. The fourth-order valence-electron chi connectivity index (χ4n) is 2.48. The van der Waals surface area contributed by atoms with Crippen molar-refractivity contribution in [3.8, 4) is 22.6 Å². The maximum atomic E-state index is 11.0. The van der Waals surface area contributed by atoms with Crippen molar-refractivity contribution in [1.29, 1.82) is 0 Å². The third-order valence-corrected chi connectivity index (χ3v) is 4.43. The topological polar surface area (TPSA) is 67.5 Å². The number of thiazole rings is 1. The normalized spacial score (nSPS) is 11.0. The Bertz CT molecular complexity index is 988. The Labute approximate surface area is 135 Å². The van der Waals surface area contributed by atoms with Gasteiger partial charge in [-0.15, -0.1) is 21.5 Å². The first-order chi connectivity index (χ1) is 11.2. The highest BCUT2D eigenvalue weighted by atomic mass is 32.1.